The van der Waals surface area contributed by atoms with Crippen LogP contribution in [-0.4, -0.2) is 6.54 Å². The van der Waals surface area contributed by atoms with Gasteiger partial charge in [0, 0.05) is 0 Å². The number of para-hydroxylation sites is 2. The van der Waals surface area contributed by atoms with Crippen LogP contribution in [0.2, 0.25) is 0 Å². The Kier molecular flexibility index (Phi) is 6.72. The molecule has 0 aliphatic carbocycles. The average Bonchev–Trinajstić information content (AvgIpc) is 2.65. The van der Waals surface area contributed by atoms with Crippen LogP contribution in [0.4, 0.5) is 0 Å². The Balaban J connectivity index is 1.86. The van der Waals surface area contributed by atoms with Crippen LogP contribution in [0.15, 0.2) is 68.1 Å². The van der Waals surface area contributed by atoms with Crippen LogP contribution in [0.25, 0.3) is 0 Å². The summed E-state index contributed by atoms with van der Waals surface area (Å²) in [7, 11) is -1.62. The molecule has 130 valence electrons. The summed E-state index contributed by atoms with van der Waals surface area (Å²) in [5.74, 6) is 1.46. The minimum atomic E-state index is -2.79. The van der Waals surface area contributed by atoms with Gasteiger partial charge in [0.25, 0.3) is 0 Å². The third-order valence-electron chi connectivity index (χ3n) is 3.44. The first-order valence-electron chi connectivity index (χ1n) is 7.97. The molecule has 0 radical (unpaired) electrons. The number of benzene rings is 2. The molecule has 0 saturated carbocycles. The number of hydrogen-bond donors (Lipinski definition) is 1. The van der Waals surface area contributed by atoms with Gasteiger partial charge in [0.2, 0.25) is 0 Å². The van der Waals surface area contributed by atoms with Crippen molar-refractivity contribution in [1.82, 2.24) is 0 Å². The number of aryl methyl sites for hydroxylation is 1. The van der Waals surface area contributed by atoms with Crippen molar-refractivity contribution < 1.29 is 9.05 Å². The Bertz CT molecular complexity index is 812. The molecule has 2 aromatic carbocycles. The molecule has 1 atom stereocenters. The van der Waals surface area contributed by atoms with E-state index in [2.05, 4.69) is 19.6 Å². The van der Waals surface area contributed by atoms with Crippen molar-refractivity contribution in [2.75, 3.05) is 6.54 Å². The molecular formula is C16H19N4O2P3. The number of nitrogens with two attached hydrogens (primary N) is 1. The standard InChI is InChI=1S/C16H19N4O2P3/c17-13-7-6-9-14-8-4-5-12-16(14)22-25(19-23-18-24-20-25)21-15-10-2-1-3-11-15/h1-5,8,10-12H,6-7,9,13,17H2. The van der Waals surface area contributed by atoms with Gasteiger partial charge >= 0.3 is 7.66 Å². The number of nitrogens with zero attached hydrogens (tertiary/aromatic N) is 3. The van der Waals surface area contributed by atoms with E-state index in [1.54, 1.807) is 0 Å². The second-order valence-corrected chi connectivity index (χ2v) is 9.14. The van der Waals surface area contributed by atoms with Gasteiger partial charge in [0.1, 0.15) is 11.5 Å². The van der Waals surface area contributed by atoms with Crippen LogP contribution in [0, 0.1) is 0 Å². The molecule has 1 aliphatic heterocycles. The number of hydrogen-bond acceptors (Lipinski definition) is 6. The predicted molar refractivity (Wildman–Crippen MR) is 104 cm³/mol. The van der Waals surface area contributed by atoms with Crippen molar-refractivity contribution >= 4 is 24.7 Å². The topological polar surface area (TPSA) is 81.6 Å². The summed E-state index contributed by atoms with van der Waals surface area (Å²) in [6.07, 6.45) is 2.90. The van der Waals surface area contributed by atoms with E-state index in [1.807, 2.05) is 48.5 Å². The van der Waals surface area contributed by atoms with Crippen molar-refractivity contribution in [3.63, 3.8) is 0 Å². The van der Waals surface area contributed by atoms with Crippen LogP contribution in [0.3, 0.4) is 0 Å². The molecule has 1 unspecified atom stereocenters. The van der Waals surface area contributed by atoms with Gasteiger partial charge in [0.05, 0.1) is 0 Å². The Labute approximate surface area is 150 Å². The first-order valence-corrected chi connectivity index (χ1v) is 11.1. The maximum atomic E-state index is 6.26. The summed E-state index contributed by atoms with van der Waals surface area (Å²) >= 11 is 0. The smallest absolute Gasteiger partial charge is 0.413 e. The molecule has 0 amide bonds. The van der Waals surface area contributed by atoms with Crippen molar-refractivity contribution in [1.29, 1.82) is 0 Å². The summed E-state index contributed by atoms with van der Waals surface area (Å²) in [5.41, 5.74) is 6.72. The predicted octanol–water partition coefficient (Wildman–Crippen LogP) is 6.48. The zero-order valence-corrected chi connectivity index (χ0v) is 16.3. The van der Waals surface area contributed by atoms with Gasteiger partial charge in [-0.1, -0.05) is 36.4 Å². The molecule has 2 aromatic rings. The Morgan fingerprint density at radius 1 is 0.920 bits per heavy atom. The summed E-state index contributed by atoms with van der Waals surface area (Å²) < 4.78 is 25.4. The highest BCUT2D eigenvalue weighted by molar-refractivity contribution is 7.65. The van der Waals surface area contributed by atoms with Gasteiger partial charge in [-0.3, -0.25) is 0 Å². The summed E-state index contributed by atoms with van der Waals surface area (Å²) in [4.78, 5) is 0. The summed E-state index contributed by atoms with van der Waals surface area (Å²) in [6, 6.07) is 17.5. The lowest BCUT2D eigenvalue weighted by atomic mass is 10.1. The van der Waals surface area contributed by atoms with Crippen molar-refractivity contribution in [3.8, 4) is 11.5 Å². The quantitative estimate of drug-likeness (QED) is 0.413. The first-order chi connectivity index (χ1) is 12.3. The lowest BCUT2D eigenvalue weighted by Gasteiger charge is -2.21. The second kappa shape index (κ2) is 9.22. The molecule has 1 heterocycles. The second-order valence-electron chi connectivity index (χ2n) is 5.29. The van der Waals surface area contributed by atoms with Crippen molar-refractivity contribution in [2.45, 2.75) is 19.3 Å². The molecule has 0 spiro atoms. The van der Waals surface area contributed by atoms with Crippen LogP contribution in [-0.2, 0) is 6.42 Å². The van der Waals surface area contributed by atoms with E-state index in [4.69, 9.17) is 14.8 Å². The van der Waals surface area contributed by atoms with Gasteiger partial charge in [-0.2, -0.15) is 4.52 Å². The minimum Gasteiger partial charge on any atom is -0.413 e. The van der Waals surface area contributed by atoms with Gasteiger partial charge in [0.15, 0.2) is 17.0 Å². The first kappa shape index (κ1) is 18.2. The Morgan fingerprint density at radius 3 is 2.48 bits per heavy atom. The van der Waals surface area contributed by atoms with E-state index >= 15 is 0 Å². The lowest BCUT2D eigenvalue weighted by Crippen LogP contribution is -2.02. The van der Waals surface area contributed by atoms with Crippen LogP contribution < -0.4 is 14.8 Å². The highest BCUT2D eigenvalue weighted by atomic mass is 31.2. The molecule has 0 fully saturated rings. The fourth-order valence-electron chi connectivity index (χ4n) is 2.27. The molecule has 3 rings (SSSR count). The van der Waals surface area contributed by atoms with Gasteiger partial charge in [-0.15, -0.1) is 9.03 Å². The third kappa shape index (κ3) is 5.20. The molecule has 6 nitrogen and oxygen atoms in total. The van der Waals surface area contributed by atoms with E-state index in [0.29, 0.717) is 29.3 Å². The fraction of sp³-hybridized carbons (Fsp3) is 0.250. The number of unbranched alkanes of at least 4 members (excludes halogenated alkanes) is 1. The van der Waals surface area contributed by atoms with E-state index in [-0.39, 0.29) is 0 Å². The molecular weight excluding hydrogens is 373 g/mol. The van der Waals surface area contributed by atoms with Gasteiger partial charge < -0.3 is 14.8 Å². The van der Waals surface area contributed by atoms with E-state index < -0.39 is 7.66 Å². The monoisotopic (exact) mass is 392 g/mol. The molecule has 2 N–H and O–H groups in total. The molecule has 0 bridgehead atoms. The van der Waals surface area contributed by atoms with E-state index in [1.165, 1.54) is 0 Å². The van der Waals surface area contributed by atoms with E-state index in [0.717, 1.165) is 30.6 Å². The Morgan fingerprint density at radius 2 is 1.72 bits per heavy atom. The normalized spacial score (nSPS) is 19.9. The van der Waals surface area contributed by atoms with Gasteiger partial charge in [-0.05, 0) is 49.6 Å². The molecule has 9 heteroatoms. The summed E-state index contributed by atoms with van der Waals surface area (Å²) in [5, 5.41) is 0. The van der Waals surface area contributed by atoms with Crippen LogP contribution in [0.1, 0.15) is 18.4 Å². The highest BCUT2D eigenvalue weighted by Gasteiger charge is 2.28. The molecule has 0 aromatic heterocycles. The molecule has 1 aliphatic rings. The fourth-order valence-corrected chi connectivity index (χ4v) is 6.07. The maximum Gasteiger partial charge on any atom is 0.459 e. The minimum absolute atomic E-state index is 0.588. The van der Waals surface area contributed by atoms with E-state index in [9.17, 15) is 0 Å². The van der Waals surface area contributed by atoms with Crippen LogP contribution >= 0.6 is 24.7 Å². The molecule has 0 saturated heterocycles. The Hall–Kier alpha value is -1.57. The molecule has 25 heavy (non-hydrogen) atoms. The van der Waals surface area contributed by atoms with Crippen LogP contribution in [0.5, 0.6) is 11.5 Å². The summed E-state index contributed by atoms with van der Waals surface area (Å²) in [6.45, 7) is 0.695. The van der Waals surface area contributed by atoms with Crippen molar-refractivity contribution in [2.24, 2.45) is 19.3 Å². The largest absolute Gasteiger partial charge is 0.459 e. The lowest BCUT2D eigenvalue weighted by molar-refractivity contribution is 0.474. The zero-order valence-electron chi connectivity index (χ0n) is 13.6. The number of rotatable bonds is 8. The maximum absolute atomic E-state index is 6.26. The SMILES string of the molecule is NCCCCc1ccccc1OP1(Oc2ccccc2)=NP=NP=N1. The van der Waals surface area contributed by atoms with Gasteiger partial charge in [-0.25, -0.2) is 0 Å². The highest BCUT2D eigenvalue weighted by Crippen LogP contribution is 2.59. The third-order valence-corrected chi connectivity index (χ3v) is 7.42. The zero-order chi connectivity index (χ0) is 17.4. The van der Waals surface area contributed by atoms with Crippen molar-refractivity contribution in [3.05, 3.63) is 60.2 Å². The average molecular weight is 392 g/mol.